The second kappa shape index (κ2) is 17.7. The molecule has 0 saturated heterocycles. The van der Waals surface area contributed by atoms with Crippen molar-refractivity contribution in [3.05, 3.63) is 96.1 Å². The Bertz CT molecular complexity index is 1960. The van der Waals surface area contributed by atoms with E-state index < -0.39 is 11.9 Å². The smallest absolute Gasteiger partial charge is 0.318 e. The molecule has 0 bridgehead atoms. The molecule has 264 valence electrons. The minimum atomic E-state index is -0.484. The fourth-order valence-corrected chi connectivity index (χ4v) is 7.34. The Morgan fingerprint density at radius 3 is 1.96 bits per heavy atom. The van der Waals surface area contributed by atoms with Crippen molar-refractivity contribution in [3.8, 4) is 0 Å². The normalized spacial score (nSPS) is 13.6. The molecule has 1 aliphatic carbocycles. The van der Waals surface area contributed by atoms with Crippen LogP contribution in [-0.2, 0) is 19.3 Å². The van der Waals surface area contributed by atoms with Crippen LogP contribution in [0.5, 0.6) is 0 Å². The van der Waals surface area contributed by atoms with Crippen molar-refractivity contribution in [3.63, 3.8) is 0 Å². The topological polar surface area (TPSA) is 115 Å². The summed E-state index contributed by atoms with van der Waals surface area (Å²) in [7, 11) is 0. The first-order valence-corrected chi connectivity index (χ1v) is 18.3. The maximum absolute atomic E-state index is 13.8. The third-order valence-corrected chi connectivity index (χ3v) is 9.99. The summed E-state index contributed by atoms with van der Waals surface area (Å²) >= 11 is 1.70. The van der Waals surface area contributed by atoms with Gasteiger partial charge in [-0.2, -0.15) is 0 Å². The Hall–Kier alpha value is -5.09. The van der Waals surface area contributed by atoms with Crippen molar-refractivity contribution in [2.75, 3.05) is 4.90 Å². The van der Waals surface area contributed by atoms with E-state index in [4.69, 9.17) is 9.68 Å². The monoisotopic (exact) mass is 705 g/mol. The average molecular weight is 706 g/mol. The van der Waals surface area contributed by atoms with E-state index in [1.54, 1.807) is 30.8 Å². The number of nitrogens with zero attached hydrogens (tertiary/aromatic N) is 3. The molecule has 0 unspecified atom stereocenters. The lowest BCUT2D eigenvalue weighted by Crippen LogP contribution is -2.16. The van der Waals surface area contributed by atoms with Gasteiger partial charge in [-0.15, -0.1) is 11.8 Å². The predicted octanol–water partition coefficient (Wildman–Crippen LogP) is 10.1. The Balaban J connectivity index is 1.57. The third kappa shape index (κ3) is 9.38. The second-order valence-electron chi connectivity index (χ2n) is 12.5. The third-order valence-electron chi connectivity index (χ3n) is 8.59. The van der Waals surface area contributed by atoms with Crippen molar-refractivity contribution in [2.24, 2.45) is 10.3 Å². The number of ketones is 2. The molecule has 5 rings (SSSR count). The van der Waals surface area contributed by atoms with Crippen molar-refractivity contribution in [1.82, 2.24) is 0 Å². The van der Waals surface area contributed by atoms with Crippen molar-refractivity contribution in [1.29, 1.82) is 0 Å². The van der Waals surface area contributed by atoms with E-state index >= 15 is 0 Å². The molecule has 1 saturated carbocycles. The van der Waals surface area contributed by atoms with E-state index in [0.717, 1.165) is 58.4 Å². The fourth-order valence-electron chi connectivity index (χ4n) is 5.94. The second-order valence-corrected chi connectivity index (χ2v) is 13.9. The summed E-state index contributed by atoms with van der Waals surface area (Å²) in [5.74, 6) is -1.61. The van der Waals surface area contributed by atoms with E-state index in [1.807, 2.05) is 68.4 Å². The van der Waals surface area contributed by atoms with Gasteiger partial charge in [-0.3, -0.25) is 9.59 Å². The molecule has 0 heterocycles. The first-order valence-electron chi connectivity index (χ1n) is 17.5. The van der Waals surface area contributed by atoms with Crippen LogP contribution in [0.4, 0.5) is 17.1 Å². The number of hydrogen-bond donors (Lipinski definition) is 0. The van der Waals surface area contributed by atoms with Crippen LogP contribution in [0.25, 0.3) is 10.8 Å². The molecule has 51 heavy (non-hydrogen) atoms. The predicted molar refractivity (Wildman–Crippen MR) is 204 cm³/mol. The van der Waals surface area contributed by atoms with Gasteiger partial charge in [-0.1, -0.05) is 73.4 Å². The van der Waals surface area contributed by atoms with Gasteiger partial charge in [-0.25, -0.2) is 9.59 Å². The van der Waals surface area contributed by atoms with E-state index in [9.17, 15) is 19.2 Å². The molecule has 0 atom stereocenters. The fraction of sp³-hybridized carbons (Fsp3) is 0.317. The maximum Gasteiger partial charge on any atom is 0.335 e. The first-order chi connectivity index (χ1) is 24.7. The largest absolute Gasteiger partial charge is 0.335 e. The quantitative estimate of drug-likeness (QED) is 0.0520. The van der Waals surface area contributed by atoms with Gasteiger partial charge in [0.15, 0.2) is 0 Å². The highest BCUT2D eigenvalue weighted by Gasteiger charge is 2.24. The van der Waals surface area contributed by atoms with Crippen LogP contribution in [0.15, 0.2) is 100 Å². The zero-order chi connectivity index (χ0) is 36.3. The Morgan fingerprint density at radius 1 is 0.725 bits per heavy atom. The number of hydrogen-bond acceptors (Lipinski definition) is 10. The molecule has 0 radical (unpaired) electrons. The van der Waals surface area contributed by atoms with Crippen LogP contribution in [0, 0.1) is 0 Å². The van der Waals surface area contributed by atoms with Gasteiger partial charge in [0.2, 0.25) is 11.6 Å². The Kier molecular flexibility index (Phi) is 12.9. The summed E-state index contributed by atoms with van der Waals surface area (Å²) in [4.78, 5) is 63.5. The van der Waals surface area contributed by atoms with Crippen LogP contribution in [0.1, 0.15) is 99.8 Å². The number of Topliss-reactive ketones (excluding diaryl/α,β-unsaturated/α-hetero) is 2. The van der Waals surface area contributed by atoms with Crippen LogP contribution in [-0.4, -0.2) is 40.2 Å². The Morgan fingerprint density at radius 2 is 1.31 bits per heavy atom. The highest BCUT2D eigenvalue weighted by Crippen LogP contribution is 2.43. The molecule has 0 amide bonds. The maximum atomic E-state index is 13.8. The van der Waals surface area contributed by atoms with Gasteiger partial charge in [-0.05, 0) is 93.4 Å². The highest BCUT2D eigenvalue weighted by atomic mass is 32.2. The van der Waals surface area contributed by atoms with Gasteiger partial charge in [0.1, 0.15) is 11.4 Å². The minimum Gasteiger partial charge on any atom is -0.318 e. The summed E-state index contributed by atoms with van der Waals surface area (Å²) in [6.45, 7) is 6.82. The van der Waals surface area contributed by atoms with Gasteiger partial charge in [0.05, 0.1) is 5.69 Å². The molecule has 4 aromatic carbocycles. The lowest BCUT2D eigenvalue weighted by molar-refractivity contribution is -0.144. The lowest BCUT2D eigenvalue weighted by atomic mass is 10.0. The van der Waals surface area contributed by atoms with Crippen LogP contribution in [0.3, 0.4) is 0 Å². The molecule has 0 N–H and O–H groups in total. The van der Waals surface area contributed by atoms with Gasteiger partial charge in [0.25, 0.3) is 0 Å². The molecular weight excluding hydrogens is 663 g/mol. The SMILES string of the molecule is CCCC(=O)O/N=C(\C)C(=O)c1ccc(N(c2ccc(C(=O)/C(C)=N/OC(=O)CCC)c(SC3CCCC3)c2)c2cccc3ccccc23)cc1. The van der Waals surface area contributed by atoms with Gasteiger partial charge < -0.3 is 14.6 Å². The van der Waals surface area contributed by atoms with E-state index in [-0.39, 0.29) is 35.8 Å². The minimum absolute atomic E-state index is 0.0749. The number of thioether (sulfide) groups is 1. The number of oxime groups is 2. The summed E-state index contributed by atoms with van der Waals surface area (Å²) in [5.41, 5.74) is 3.62. The van der Waals surface area contributed by atoms with E-state index in [2.05, 4.69) is 33.4 Å². The number of carbonyl (C=O) groups is 4. The molecule has 1 fully saturated rings. The van der Waals surface area contributed by atoms with Crippen LogP contribution >= 0.6 is 11.8 Å². The van der Waals surface area contributed by atoms with Crippen molar-refractivity contribution >= 4 is 74.5 Å². The van der Waals surface area contributed by atoms with Gasteiger partial charge >= 0.3 is 11.9 Å². The number of fused-ring (bicyclic) bond motifs is 1. The molecule has 1 aliphatic rings. The zero-order valence-electron chi connectivity index (χ0n) is 29.5. The summed E-state index contributed by atoms with van der Waals surface area (Å²) in [6.07, 6.45) is 6.12. The van der Waals surface area contributed by atoms with Crippen LogP contribution < -0.4 is 4.90 Å². The lowest BCUT2D eigenvalue weighted by Gasteiger charge is -2.28. The molecule has 10 heteroatoms. The molecule has 0 aromatic heterocycles. The molecule has 9 nitrogen and oxygen atoms in total. The van der Waals surface area contributed by atoms with Crippen LogP contribution in [0.2, 0.25) is 0 Å². The number of rotatable bonds is 15. The van der Waals surface area contributed by atoms with Gasteiger partial charge in [0, 0.05) is 50.9 Å². The first kappa shape index (κ1) is 37.2. The molecular formula is C41H43N3O6S. The summed E-state index contributed by atoms with van der Waals surface area (Å²) < 4.78 is 0. The molecule has 4 aromatic rings. The standard InChI is InChI=1S/C41H43N3O6S/c1-5-12-38(45)49-42-27(3)40(47)30-20-22-31(23-21-30)44(36-19-11-15-29-14-7-10-18-34(29)36)32-24-25-35(37(26-32)51-33-16-8-9-17-33)41(48)28(4)43-50-39(46)13-6-2/h7,10-11,14-15,18-26,33H,5-6,8-9,12-13,16-17H2,1-4H3/b42-27+,43-28+. The van der Waals surface area contributed by atoms with Crippen molar-refractivity contribution < 1.29 is 28.9 Å². The number of benzene rings is 4. The zero-order valence-corrected chi connectivity index (χ0v) is 30.3. The van der Waals surface area contributed by atoms with E-state index in [0.29, 0.717) is 29.2 Å². The highest BCUT2D eigenvalue weighted by molar-refractivity contribution is 8.00. The van der Waals surface area contributed by atoms with E-state index in [1.165, 1.54) is 6.92 Å². The molecule has 0 aliphatic heterocycles. The Labute approximate surface area is 303 Å². The summed E-state index contributed by atoms with van der Waals surface area (Å²) in [5, 5.41) is 10.1. The number of carbonyl (C=O) groups excluding carboxylic acids is 4. The summed E-state index contributed by atoms with van der Waals surface area (Å²) in [6, 6.07) is 27.2. The van der Waals surface area contributed by atoms with Crippen molar-refractivity contribution in [2.45, 2.75) is 89.2 Å². The number of anilines is 3. The molecule has 0 spiro atoms. The average Bonchev–Trinajstić information content (AvgIpc) is 3.66.